The van der Waals surface area contributed by atoms with E-state index >= 15 is 0 Å². The van der Waals surface area contributed by atoms with Crippen molar-refractivity contribution in [2.75, 3.05) is 11.9 Å². The molecule has 102 valence electrons. The number of nitrogens with two attached hydrogens (primary N) is 1. The number of hydrogen-bond acceptors (Lipinski definition) is 4. The molecule has 0 spiro atoms. The molecule has 19 heavy (non-hydrogen) atoms. The summed E-state index contributed by atoms with van der Waals surface area (Å²) in [6, 6.07) is 4.12. The van der Waals surface area contributed by atoms with Gasteiger partial charge < -0.3 is 16.2 Å². The SMILES string of the molecule is N#Cc1cc(C(F)(F)F)ccc1NCC(O)C(N)=O. The lowest BCUT2D eigenvalue weighted by molar-refractivity contribution is -0.137. The Labute approximate surface area is 106 Å². The summed E-state index contributed by atoms with van der Waals surface area (Å²) in [5.41, 5.74) is 3.69. The number of nitrogens with one attached hydrogen (secondary N) is 1. The van der Waals surface area contributed by atoms with E-state index in [2.05, 4.69) is 5.32 Å². The highest BCUT2D eigenvalue weighted by atomic mass is 19.4. The minimum absolute atomic E-state index is 0.0794. The van der Waals surface area contributed by atoms with Crippen LogP contribution in [0.3, 0.4) is 0 Å². The van der Waals surface area contributed by atoms with Crippen LogP contribution in [0.2, 0.25) is 0 Å². The van der Waals surface area contributed by atoms with Gasteiger partial charge in [-0.25, -0.2) is 0 Å². The van der Waals surface area contributed by atoms with Crippen LogP contribution >= 0.6 is 0 Å². The maximum absolute atomic E-state index is 12.4. The van der Waals surface area contributed by atoms with Crippen molar-refractivity contribution in [3.63, 3.8) is 0 Å². The van der Waals surface area contributed by atoms with Gasteiger partial charge in [0.1, 0.15) is 12.2 Å². The van der Waals surface area contributed by atoms with E-state index in [0.717, 1.165) is 12.1 Å². The molecule has 1 rings (SSSR count). The lowest BCUT2D eigenvalue weighted by Gasteiger charge is -2.13. The number of nitrogens with zero attached hydrogens (tertiary/aromatic N) is 1. The van der Waals surface area contributed by atoms with Gasteiger partial charge in [-0.3, -0.25) is 4.79 Å². The molecule has 5 nitrogen and oxygen atoms in total. The Morgan fingerprint density at radius 1 is 1.53 bits per heavy atom. The smallest absolute Gasteiger partial charge is 0.381 e. The Balaban J connectivity index is 2.92. The molecular weight excluding hydrogens is 263 g/mol. The molecule has 0 saturated carbocycles. The van der Waals surface area contributed by atoms with Crippen molar-refractivity contribution in [2.45, 2.75) is 12.3 Å². The molecule has 1 aromatic rings. The van der Waals surface area contributed by atoms with Gasteiger partial charge in [-0.1, -0.05) is 0 Å². The number of alkyl halides is 3. The van der Waals surface area contributed by atoms with Crippen LogP contribution in [0.4, 0.5) is 18.9 Å². The second kappa shape index (κ2) is 5.58. The molecule has 8 heteroatoms. The molecule has 0 aliphatic rings. The highest BCUT2D eigenvalue weighted by Crippen LogP contribution is 2.31. The molecule has 0 aromatic heterocycles. The molecule has 1 amide bonds. The minimum atomic E-state index is -4.54. The summed E-state index contributed by atoms with van der Waals surface area (Å²) in [6.07, 6.45) is -6.04. The first kappa shape index (κ1) is 14.8. The fourth-order valence-corrected chi connectivity index (χ4v) is 1.27. The normalized spacial score (nSPS) is 12.6. The van der Waals surface area contributed by atoms with Crippen LogP contribution in [-0.2, 0) is 11.0 Å². The van der Waals surface area contributed by atoms with Crippen LogP contribution in [0, 0.1) is 11.3 Å². The highest BCUT2D eigenvalue weighted by Gasteiger charge is 2.31. The van der Waals surface area contributed by atoms with Gasteiger partial charge >= 0.3 is 6.18 Å². The van der Waals surface area contributed by atoms with Crippen molar-refractivity contribution in [3.8, 4) is 6.07 Å². The molecule has 1 aromatic carbocycles. The third kappa shape index (κ3) is 3.86. The number of rotatable bonds is 4. The third-order valence-corrected chi connectivity index (χ3v) is 2.28. The van der Waals surface area contributed by atoms with Crippen LogP contribution in [0.5, 0.6) is 0 Å². The number of aliphatic hydroxyl groups is 1. The number of benzene rings is 1. The second-order valence-electron chi connectivity index (χ2n) is 3.67. The number of anilines is 1. The Kier molecular flexibility index (Phi) is 4.34. The zero-order valence-electron chi connectivity index (χ0n) is 9.53. The first-order valence-electron chi connectivity index (χ1n) is 5.08. The summed E-state index contributed by atoms with van der Waals surface area (Å²) >= 11 is 0. The van der Waals surface area contributed by atoms with E-state index in [4.69, 9.17) is 16.1 Å². The standard InChI is InChI=1S/C11H10F3N3O2/c12-11(13,14)7-1-2-8(6(3-7)4-15)17-5-9(18)10(16)19/h1-3,9,17-18H,5H2,(H2,16,19). The molecule has 0 radical (unpaired) electrons. The van der Waals surface area contributed by atoms with Gasteiger partial charge in [-0.15, -0.1) is 0 Å². The third-order valence-electron chi connectivity index (χ3n) is 2.28. The molecule has 1 atom stereocenters. The van der Waals surface area contributed by atoms with Gasteiger partial charge in [0.25, 0.3) is 0 Å². The van der Waals surface area contributed by atoms with E-state index in [1.165, 1.54) is 0 Å². The van der Waals surface area contributed by atoms with Gasteiger partial charge in [0, 0.05) is 6.54 Å². The average molecular weight is 273 g/mol. The largest absolute Gasteiger partial charge is 0.416 e. The summed E-state index contributed by atoms with van der Waals surface area (Å²) in [6.45, 7) is -0.296. The zero-order chi connectivity index (χ0) is 14.6. The van der Waals surface area contributed by atoms with Crippen LogP contribution in [-0.4, -0.2) is 23.7 Å². The number of carbonyl (C=O) groups excluding carboxylic acids is 1. The Morgan fingerprint density at radius 3 is 2.63 bits per heavy atom. The Hall–Kier alpha value is -2.27. The molecular formula is C11H10F3N3O2. The molecule has 0 aliphatic carbocycles. The van der Waals surface area contributed by atoms with E-state index < -0.39 is 23.8 Å². The van der Waals surface area contributed by atoms with Crippen LogP contribution in [0.1, 0.15) is 11.1 Å². The lowest BCUT2D eigenvalue weighted by Crippen LogP contribution is -2.34. The van der Waals surface area contributed by atoms with E-state index in [1.54, 1.807) is 6.07 Å². The van der Waals surface area contributed by atoms with Crippen molar-refractivity contribution >= 4 is 11.6 Å². The second-order valence-corrected chi connectivity index (χ2v) is 3.67. The van der Waals surface area contributed by atoms with Crippen LogP contribution < -0.4 is 11.1 Å². The summed E-state index contributed by atoms with van der Waals surface area (Å²) in [7, 11) is 0. The maximum Gasteiger partial charge on any atom is 0.416 e. The van der Waals surface area contributed by atoms with E-state index in [9.17, 15) is 18.0 Å². The van der Waals surface area contributed by atoms with Gasteiger partial charge in [-0.05, 0) is 18.2 Å². The highest BCUT2D eigenvalue weighted by molar-refractivity contribution is 5.79. The van der Waals surface area contributed by atoms with E-state index in [0.29, 0.717) is 6.07 Å². The molecule has 4 N–H and O–H groups in total. The number of carbonyl (C=O) groups is 1. The van der Waals surface area contributed by atoms with Gasteiger partial charge in [0.15, 0.2) is 0 Å². The first-order valence-corrected chi connectivity index (χ1v) is 5.08. The molecule has 0 saturated heterocycles. The summed E-state index contributed by atoms with van der Waals surface area (Å²) in [5, 5.41) is 20.4. The summed E-state index contributed by atoms with van der Waals surface area (Å²) in [5.74, 6) is -0.974. The first-order chi connectivity index (χ1) is 8.75. The number of primary amides is 1. The van der Waals surface area contributed by atoms with Gasteiger partial charge in [0.05, 0.1) is 16.8 Å². The van der Waals surface area contributed by atoms with Gasteiger partial charge in [0.2, 0.25) is 5.91 Å². The fraction of sp³-hybridized carbons (Fsp3) is 0.273. The topological polar surface area (TPSA) is 99.1 Å². The number of nitriles is 1. The fourth-order valence-electron chi connectivity index (χ4n) is 1.27. The summed E-state index contributed by atoms with van der Waals surface area (Å²) < 4.78 is 37.3. The molecule has 1 unspecified atom stereocenters. The number of amides is 1. The monoisotopic (exact) mass is 273 g/mol. The van der Waals surface area contributed by atoms with Crippen molar-refractivity contribution in [1.82, 2.24) is 0 Å². The maximum atomic E-state index is 12.4. The zero-order valence-corrected chi connectivity index (χ0v) is 9.53. The van der Waals surface area contributed by atoms with Gasteiger partial charge in [-0.2, -0.15) is 18.4 Å². The van der Waals surface area contributed by atoms with Crippen LogP contribution in [0.25, 0.3) is 0 Å². The summed E-state index contributed by atoms with van der Waals surface area (Å²) in [4.78, 5) is 10.6. The molecule has 0 fully saturated rings. The number of halogens is 3. The molecule has 0 heterocycles. The molecule has 0 aliphatic heterocycles. The van der Waals surface area contributed by atoms with Crippen molar-refractivity contribution in [1.29, 1.82) is 5.26 Å². The molecule has 0 bridgehead atoms. The lowest BCUT2D eigenvalue weighted by atomic mass is 10.1. The Morgan fingerprint density at radius 2 is 2.16 bits per heavy atom. The number of aliphatic hydroxyl groups excluding tert-OH is 1. The van der Waals surface area contributed by atoms with Crippen molar-refractivity contribution in [3.05, 3.63) is 29.3 Å². The minimum Gasteiger partial charge on any atom is -0.381 e. The van der Waals surface area contributed by atoms with Crippen LogP contribution in [0.15, 0.2) is 18.2 Å². The number of hydrogen-bond donors (Lipinski definition) is 3. The predicted molar refractivity (Wildman–Crippen MR) is 59.8 cm³/mol. The van der Waals surface area contributed by atoms with Crippen molar-refractivity contribution in [2.24, 2.45) is 5.73 Å². The Bertz CT molecular complexity index is 523. The average Bonchev–Trinajstić information content (AvgIpc) is 2.34. The quantitative estimate of drug-likeness (QED) is 0.756. The van der Waals surface area contributed by atoms with E-state index in [1.807, 2.05) is 0 Å². The van der Waals surface area contributed by atoms with Crippen molar-refractivity contribution < 1.29 is 23.1 Å². The van der Waals surface area contributed by atoms with E-state index in [-0.39, 0.29) is 17.8 Å². The predicted octanol–water partition coefficient (Wildman–Crippen LogP) is 0.835.